The molecule has 2 aromatic rings. The lowest BCUT2D eigenvalue weighted by Gasteiger charge is -2.20. The van der Waals surface area contributed by atoms with Crippen molar-refractivity contribution in [1.82, 2.24) is 0 Å². The Morgan fingerprint density at radius 1 is 1.04 bits per heavy atom. The summed E-state index contributed by atoms with van der Waals surface area (Å²) in [6, 6.07) is 12.0. The van der Waals surface area contributed by atoms with Crippen molar-refractivity contribution in [3.63, 3.8) is 0 Å². The molecule has 0 unspecified atom stereocenters. The van der Waals surface area contributed by atoms with Crippen molar-refractivity contribution in [3.8, 4) is 0 Å². The van der Waals surface area contributed by atoms with Crippen molar-refractivity contribution >= 4 is 23.2 Å². The first-order chi connectivity index (χ1) is 11.9. The molecule has 0 bridgehead atoms. The normalized spacial score (nSPS) is 17.0. The van der Waals surface area contributed by atoms with Gasteiger partial charge in [-0.05, 0) is 56.0 Å². The maximum absolute atomic E-state index is 12.7. The molecule has 1 N–H and O–H groups in total. The minimum atomic E-state index is -0.327. The van der Waals surface area contributed by atoms with Crippen LogP contribution in [-0.2, 0) is 9.59 Å². The Morgan fingerprint density at radius 3 is 2.40 bits per heavy atom. The highest BCUT2D eigenvalue weighted by Gasteiger charge is 2.35. The van der Waals surface area contributed by atoms with Crippen LogP contribution in [0.4, 0.5) is 11.4 Å². The molecule has 3 rings (SSSR count). The largest absolute Gasteiger partial charge is 0.325 e. The van der Waals surface area contributed by atoms with E-state index >= 15 is 0 Å². The summed E-state index contributed by atoms with van der Waals surface area (Å²) >= 11 is 0. The van der Waals surface area contributed by atoms with Gasteiger partial charge in [0, 0.05) is 24.3 Å². The molecule has 1 aliphatic heterocycles. The Bertz CT molecular complexity index is 822. The molecule has 0 aromatic heterocycles. The van der Waals surface area contributed by atoms with Crippen LogP contribution in [-0.4, -0.2) is 18.4 Å². The Hall–Kier alpha value is -2.62. The van der Waals surface area contributed by atoms with E-state index in [1.807, 2.05) is 64.1 Å². The summed E-state index contributed by atoms with van der Waals surface area (Å²) in [7, 11) is 0. The molecule has 4 nitrogen and oxygen atoms in total. The quantitative estimate of drug-likeness (QED) is 0.924. The second-order valence-electron chi connectivity index (χ2n) is 6.95. The number of anilines is 2. The molecule has 1 heterocycles. The number of aryl methyl sites for hydroxylation is 4. The van der Waals surface area contributed by atoms with Crippen LogP contribution in [0.3, 0.4) is 0 Å². The molecule has 1 atom stereocenters. The number of nitrogens with one attached hydrogen (secondary N) is 1. The Morgan fingerprint density at radius 2 is 1.72 bits per heavy atom. The molecule has 0 saturated carbocycles. The number of carbonyl (C=O) groups excluding carboxylic acids is 2. The number of hydrogen-bond acceptors (Lipinski definition) is 2. The van der Waals surface area contributed by atoms with Gasteiger partial charge >= 0.3 is 0 Å². The molecule has 1 fully saturated rings. The van der Waals surface area contributed by atoms with Crippen LogP contribution in [0.15, 0.2) is 36.4 Å². The third-order valence-electron chi connectivity index (χ3n) is 4.88. The topological polar surface area (TPSA) is 49.4 Å². The second-order valence-corrected chi connectivity index (χ2v) is 6.95. The van der Waals surface area contributed by atoms with E-state index in [9.17, 15) is 9.59 Å². The van der Waals surface area contributed by atoms with Crippen molar-refractivity contribution in [2.75, 3.05) is 16.8 Å². The molecule has 1 saturated heterocycles. The lowest BCUT2D eigenvalue weighted by atomic mass is 10.1. The number of para-hydroxylation sites is 1. The maximum Gasteiger partial charge on any atom is 0.229 e. The van der Waals surface area contributed by atoms with E-state index in [4.69, 9.17) is 0 Å². The minimum absolute atomic E-state index is 0.00959. The van der Waals surface area contributed by atoms with E-state index < -0.39 is 0 Å². The van der Waals surface area contributed by atoms with E-state index in [2.05, 4.69) is 5.32 Å². The smallest absolute Gasteiger partial charge is 0.229 e. The summed E-state index contributed by atoms with van der Waals surface area (Å²) in [5.74, 6) is -0.402. The highest BCUT2D eigenvalue weighted by molar-refractivity contribution is 6.04. The average Bonchev–Trinajstić information content (AvgIpc) is 2.95. The van der Waals surface area contributed by atoms with Gasteiger partial charge in [-0.1, -0.05) is 30.3 Å². The predicted octanol–water partition coefficient (Wildman–Crippen LogP) is 3.91. The van der Waals surface area contributed by atoms with Crippen molar-refractivity contribution in [1.29, 1.82) is 0 Å². The van der Waals surface area contributed by atoms with Crippen LogP contribution in [0.2, 0.25) is 0 Å². The Balaban J connectivity index is 1.78. The highest BCUT2D eigenvalue weighted by Crippen LogP contribution is 2.30. The monoisotopic (exact) mass is 336 g/mol. The van der Waals surface area contributed by atoms with Gasteiger partial charge in [-0.2, -0.15) is 0 Å². The first-order valence-corrected chi connectivity index (χ1v) is 8.61. The lowest BCUT2D eigenvalue weighted by molar-refractivity contribution is -0.122. The van der Waals surface area contributed by atoms with Crippen molar-refractivity contribution < 1.29 is 9.59 Å². The summed E-state index contributed by atoms with van der Waals surface area (Å²) in [5.41, 5.74) is 5.98. The first-order valence-electron chi connectivity index (χ1n) is 8.61. The molecule has 130 valence electrons. The van der Waals surface area contributed by atoms with Crippen LogP contribution in [0.1, 0.15) is 28.7 Å². The van der Waals surface area contributed by atoms with Gasteiger partial charge in [0.2, 0.25) is 11.8 Å². The summed E-state index contributed by atoms with van der Waals surface area (Å²) < 4.78 is 0. The standard InChI is InChI=1S/C21H24N2O2/c1-13-8-9-14(2)18(10-13)23-12-17(11-19(23)24)21(25)22-20-15(3)6-5-7-16(20)4/h5-10,17H,11-12H2,1-4H3,(H,22,25)/t17-/m1/s1. The number of benzene rings is 2. The van der Waals surface area contributed by atoms with E-state index in [-0.39, 0.29) is 24.2 Å². The zero-order valence-corrected chi connectivity index (χ0v) is 15.2. The zero-order chi connectivity index (χ0) is 18.1. The van der Waals surface area contributed by atoms with Gasteiger partial charge in [0.05, 0.1) is 5.92 Å². The molecule has 25 heavy (non-hydrogen) atoms. The lowest BCUT2D eigenvalue weighted by Crippen LogP contribution is -2.29. The fourth-order valence-electron chi connectivity index (χ4n) is 3.36. The molecular weight excluding hydrogens is 312 g/mol. The van der Waals surface area contributed by atoms with Crippen molar-refractivity contribution in [2.45, 2.75) is 34.1 Å². The first kappa shape index (κ1) is 17.2. The molecule has 0 aliphatic carbocycles. The number of hydrogen-bond donors (Lipinski definition) is 1. The van der Waals surface area contributed by atoms with Crippen molar-refractivity contribution in [2.24, 2.45) is 5.92 Å². The third kappa shape index (κ3) is 3.43. The molecule has 1 aliphatic rings. The molecule has 4 heteroatoms. The number of nitrogens with zero attached hydrogens (tertiary/aromatic N) is 1. The number of amides is 2. The second kappa shape index (κ2) is 6.71. The van der Waals surface area contributed by atoms with Gasteiger partial charge in [0.25, 0.3) is 0 Å². The SMILES string of the molecule is Cc1ccc(C)c(N2C[C@H](C(=O)Nc3c(C)cccc3C)CC2=O)c1. The van der Waals surface area contributed by atoms with E-state index in [0.29, 0.717) is 6.54 Å². The molecule has 0 spiro atoms. The Kier molecular flexibility index (Phi) is 4.62. The predicted molar refractivity (Wildman–Crippen MR) is 101 cm³/mol. The van der Waals surface area contributed by atoms with Crippen LogP contribution >= 0.6 is 0 Å². The van der Waals surface area contributed by atoms with Gasteiger partial charge in [0.1, 0.15) is 0 Å². The van der Waals surface area contributed by atoms with Crippen LogP contribution in [0.5, 0.6) is 0 Å². The van der Waals surface area contributed by atoms with E-state index in [1.54, 1.807) is 4.90 Å². The fourth-order valence-corrected chi connectivity index (χ4v) is 3.36. The van der Waals surface area contributed by atoms with Crippen LogP contribution in [0, 0.1) is 33.6 Å². The number of carbonyl (C=O) groups is 2. The van der Waals surface area contributed by atoms with E-state index in [0.717, 1.165) is 33.6 Å². The van der Waals surface area contributed by atoms with Gasteiger partial charge in [-0.3, -0.25) is 9.59 Å². The maximum atomic E-state index is 12.7. The molecule has 2 amide bonds. The van der Waals surface area contributed by atoms with Gasteiger partial charge in [-0.15, -0.1) is 0 Å². The van der Waals surface area contributed by atoms with E-state index in [1.165, 1.54) is 0 Å². The van der Waals surface area contributed by atoms with Gasteiger partial charge in [0.15, 0.2) is 0 Å². The zero-order valence-electron chi connectivity index (χ0n) is 15.2. The molecular formula is C21H24N2O2. The summed E-state index contributed by atoms with van der Waals surface area (Å²) in [5, 5.41) is 3.02. The summed E-state index contributed by atoms with van der Waals surface area (Å²) in [6.07, 6.45) is 0.254. The van der Waals surface area contributed by atoms with Gasteiger partial charge < -0.3 is 10.2 Å². The fraction of sp³-hybridized carbons (Fsp3) is 0.333. The molecule has 2 aromatic carbocycles. The molecule has 0 radical (unpaired) electrons. The number of rotatable bonds is 3. The van der Waals surface area contributed by atoms with Crippen LogP contribution < -0.4 is 10.2 Å². The third-order valence-corrected chi connectivity index (χ3v) is 4.88. The Labute approximate surface area is 148 Å². The van der Waals surface area contributed by atoms with Gasteiger partial charge in [-0.25, -0.2) is 0 Å². The van der Waals surface area contributed by atoms with Crippen LogP contribution in [0.25, 0.3) is 0 Å². The highest BCUT2D eigenvalue weighted by atomic mass is 16.2. The average molecular weight is 336 g/mol. The summed E-state index contributed by atoms with van der Waals surface area (Å²) in [4.78, 5) is 26.9. The van der Waals surface area contributed by atoms with Crippen molar-refractivity contribution in [3.05, 3.63) is 58.7 Å². The minimum Gasteiger partial charge on any atom is -0.325 e. The summed E-state index contributed by atoms with van der Waals surface area (Å²) in [6.45, 7) is 8.39.